The highest BCUT2D eigenvalue weighted by atomic mass is 32.2. The largest absolute Gasteiger partial charge is 0.207 e. The molecule has 0 spiro atoms. The molecule has 3 aromatic carbocycles. The zero-order chi connectivity index (χ0) is 14.4. The fraction of sp³-hybridized carbons (Fsp3) is 0. The summed E-state index contributed by atoms with van der Waals surface area (Å²) in [5.74, 6) is -1.06. The maximum absolute atomic E-state index is 13.6. The molecule has 0 bridgehead atoms. The Morgan fingerprint density at radius 3 is 1.62 bits per heavy atom. The van der Waals surface area contributed by atoms with E-state index >= 15 is 0 Å². The summed E-state index contributed by atoms with van der Waals surface area (Å²) < 4.78 is 29.5. The van der Waals surface area contributed by atoms with Gasteiger partial charge in [0.1, 0.15) is 11.6 Å². The number of thiophene rings is 1. The van der Waals surface area contributed by atoms with Crippen LogP contribution in [0.4, 0.5) is 8.78 Å². The molecule has 0 atom stereocenters. The summed E-state index contributed by atoms with van der Waals surface area (Å²) in [5, 5.41) is 2.31. The van der Waals surface area contributed by atoms with Crippen LogP contribution in [-0.2, 0) is 0 Å². The predicted molar refractivity (Wildman–Crippen MR) is 85.2 cm³/mol. The highest BCUT2D eigenvalue weighted by Gasteiger charge is 2.23. The first-order valence-corrected chi connectivity index (χ1v) is 7.85. The summed E-state index contributed by atoms with van der Waals surface area (Å²) in [5.41, 5.74) is 0. The SMILES string of the molecule is Fc1cc(F)cc(-[s+]2c3ccccc3c3ccccc32)c1. The highest BCUT2D eigenvalue weighted by molar-refractivity contribution is 7.50. The molecule has 0 amide bonds. The van der Waals surface area contributed by atoms with Crippen LogP contribution < -0.4 is 0 Å². The molecular formula is C18H11F2S+. The Morgan fingerprint density at radius 2 is 1.10 bits per heavy atom. The third-order valence-electron chi connectivity index (χ3n) is 3.58. The van der Waals surface area contributed by atoms with Gasteiger partial charge < -0.3 is 0 Å². The Hall–Kier alpha value is -2.26. The first-order valence-electron chi connectivity index (χ1n) is 6.63. The smallest absolute Gasteiger partial charge is 0.187 e. The normalized spacial score (nSPS) is 11.3. The number of fused-ring (bicyclic) bond motifs is 3. The summed E-state index contributed by atoms with van der Waals surface area (Å²) in [7, 11) is -0.441. The van der Waals surface area contributed by atoms with E-state index in [2.05, 4.69) is 12.1 Å². The number of rotatable bonds is 1. The second-order valence-electron chi connectivity index (χ2n) is 4.90. The van der Waals surface area contributed by atoms with Crippen molar-refractivity contribution in [1.82, 2.24) is 0 Å². The molecule has 0 saturated carbocycles. The average molecular weight is 297 g/mol. The Bertz CT molecular complexity index is 896. The van der Waals surface area contributed by atoms with Gasteiger partial charge in [-0.2, -0.15) is 0 Å². The van der Waals surface area contributed by atoms with Gasteiger partial charge in [0.25, 0.3) is 0 Å². The van der Waals surface area contributed by atoms with E-state index in [0.29, 0.717) is 4.90 Å². The van der Waals surface area contributed by atoms with Crippen molar-refractivity contribution in [2.45, 2.75) is 0 Å². The van der Waals surface area contributed by atoms with Gasteiger partial charge in [0.15, 0.2) is 14.3 Å². The van der Waals surface area contributed by atoms with E-state index in [1.54, 1.807) is 0 Å². The quantitative estimate of drug-likeness (QED) is 0.377. The highest BCUT2D eigenvalue weighted by Crippen LogP contribution is 2.48. The summed E-state index contributed by atoms with van der Waals surface area (Å²) in [6.07, 6.45) is 0. The Balaban J connectivity index is 2.20. The fourth-order valence-electron chi connectivity index (χ4n) is 2.75. The Morgan fingerprint density at radius 1 is 0.619 bits per heavy atom. The summed E-state index contributed by atoms with van der Waals surface area (Å²) in [6, 6.07) is 19.9. The Kier molecular flexibility index (Phi) is 2.76. The second-order valence-corrected chi connectivity index (χ2v) is 6.87. The van der Waals surface area contributed by atoms with Crippen LogP contribution in [0.15, 0.2) is 66.7 Å². The standard InChI is InChI=1S/C18H11F2S/c19-12-9-13(20)11-14(10-12)21-17-7-3-1-5-15(17)16-6-2-4-8-18(16)21/h1-11H/q+1. The maximum Gasteiger partial charge on any atom is 0.187 e. The molecule has 0 aliphatic heterocycles. The van der Waals surface area contributed by atoms with Gasteiger partial charge in [-0.15, -0.1) is 0 Å². The van der Waals surface area contributed by atoms with Gasteiger partial charge in [0.2, 0.25) is 0 Å². The number of hydrogen-bond donors (Lipinski definition) is 0. The first kappa shape index (κ1) is 12.5. The lowest BCUT2D eigenvalue weighted by Gasteiger charge is -1.95. The maximum atomic E-state index is 13.6. The summed E-state index contributed by atoms with van der Waals surface area (Å²) in [4.78, 5) is 0.685. The van der Waals surface area contributed by atoms with Gasteiger partial charge in [-0.25, -0.2) is 8.78 Å². The minimum atomic E-state index is -0.528. The lowest BCUT2D eigenvalue weighted by atomic mass is 10.2. The summed E-state index contributed by atoms with van der Waals surface area (Å²) in [6.45, 7) is 0. The van der Waals surface area contributed by atoms with E-state index in [9.17, 15) is 8.78 Å². The molecule has 4 rings (SSSR count). The van der Waals surface area contributed by atoms with E-state index in [1.807, 2.05) is 36.4 Å². The molecule has 1 aromatic heterocycles. The van der Waals surface area contributed by atoms with Gasteiger partial charge in [-0.3, -0.25) is 0 Å². The van der Waals surface area contributed by atoms with Crippen molar-refractivity contribution in [3.05, 3.63) is 78.4 Å². The van der Waals surface area contributed by atoms with Crippen molar-refractivity contribution in [3.63, 3.8) is 0 Å². The van der Waals surface area contributed by atoms with Crippen LogP contribution in [-0.4, -0.2) is 0 Å². The second kappa shape index (κ2) is 4.64. The number of halogens is 2. The molecule has 0 aliphatic rings. The molecule has 21 heavy (non-hydrogen) atoms. The van der Waals surface area contributed by atoms with Crippen LogP contribution in [0.3, 0.4) is 0 Å². The van der Waals surface area contributed by atoms with Crippen molar-refractivity contribution >= 4 is 30.6 Å². The molecule has 0 saturated heterocycles. The van der Waals surface area contributed by atoms with E-state index in [4.69, 9.17) is 0 Å². The monoisotopic (exact) mass is 297 g/mol. The lowest BCUT2D eigenvalue weighted by Crippen LogP contribution is -1.80. The van der Waals surface area contributed by atoms with Gasteiger partial charge in [0.05, 0.1) is 0 Å². The Labute approximate surface area is 123 Å². The van der Waals surface area contributed by atoms with Gasteiger partial charge >= 0.3 is 0 Å². The van der Waals surface area contributed by atoms with Crippen LogP contribution in [0.1, 0.15) is 0 Å². The van der Waals surface area contributed by atoms with Crippen LogP contribution in [0, 0.1) is 11.6 Å². The molecule has 4 aromatic rings. The molecule has 0 fully saturated rings. The molecule has 102 valence electrons. The average Bonchev–Trinajstić information content (AvgIpc) is 2.81. The van der Waals surface area contributed by atoms with Crippen molar-refractivity contribution < 1.29 is 8.78 Å². The minimum Gasteiger partial charge on any atom is -0.207 e. The van der Waals surface area contributed by atoms with Gasteiger partial charge in [-0.1, -0.05) is 24.3 Å². The third-order valence-corrected chi connectivity index (χ3v) is 5.87. The number of hydrogen-bond acceptors (Lipinski definition) is 0. The van der Waals surface area contributed by atoms with Crippen molar-refractivity contribution in [2.75, 3.05) is 0 Å². The molecule has 0 N–H and O–H groups in total. The van der Waals surface area contributed by atoms with Crippen LogP contribution in [0.5, 0.6) is 0 Å². The van der Waals surface area contributed by atoms with Gasteiger partial charge in [-0.05, 0) is 24.3 Å². The van der Waals surface area contributed by atoms with Crippen molar-refractivity contribution in [2.24, 2.45) is 0 Å². The van der Waals surface area contributed by atoms with Crippen molar-refractivity contribution in [3.8, 4) is 4.90 Å². The molecule has 0 radical (unpaired) electrons. The van der Waals surface area contributed by atoms with E-state index in [-0.39, 0.29) is 0 Å². The van der Waals surface area contributed by atoms with Crippen LogP contribution >= 0.6 is 10.5 Å². The van der Waals surface area contributed by atoms with Crippen LogP contribution in [0.25, 0.3) is 25.1 Å². The molecule has 0 aliphatic carbocycles. The molecule has 0 nitrogen and oxygen atoms in total. The number of benzene rings is 3. The molecule has 0 unspecified atom stereocenters. The van der Waals surface area contributed by atoms with E-state index in [0.717, 1.165) is 26.2 Å². The zero-order valence-electron chi connectivity index (χ0n) is 11.0. The lowest BCUT2D eigenvalue weighted by molar-refractivity contribution is 0.585. The fourth-order valence-corrected chi connectivity index (χ4v) is 5.18. The minimum absolute atomic E-state index is 0.441. The first-order chi connectivity index (χ1) is 10.2. The summed E-state index contributed by atoms with van der Waals surface area (Å²) >= 11 is 0. The topological polar surface area (TPSA) is 0 Å². The molecule has 1 heterocycles. The molecule has 3 heteroatoms. The van der Waals surface area contributed by atoms with E-state index in [1.165, 1.54) is 12.1 Å². The van der Waals surface area contributed by atoms with E-state index < -0.39 is 22.1 Å². The van der Waals surface area contributed by atoms with Gasteiger partial charge in [0, 0.05) is 39.4 Å². The van der Waals surface area contributed by atoms with Crippen molar-refractivity contribution in [1.29, 1.82) is 0 Å². The molecular weight excluding hydrogens is 286 g/mol. The zero-order valence-corrected chi connectivity index (χ0v) is 11.8. The van der Waals surface area contributed by atoms with Crippen LogP contribution in [0.2, 0.25) is 0 Å². The predicted octanol–water partition coefficient (Wildman–Crippen LogP) is 6.01. The third kappa shape index (κ3) is 1.93.